The Bertz CT molecular complexity index is 287. The van der Waals surface area contributed by atoms with Crippen molar-refractivity contribution in [3.05, 3.63) is 0 Å². The average Bonchev–Trinajstić information content (AvgIpc) is 2.51. The number of nitrogens with zero attached hydrogens (tertiary/aromatic N) is 1. The molecule has 26 heavy (non-hydrogen) atoms. The van der Waals surface area contributed by atoms with Gasteiger partial charge in [-0.05, 0) is 6.42 Å². The van der Waals surface area contributed by atoms with Crippen molar-refractivity contribution in [3.8, 4) is 6.19 Å². The molecular weight excluding hydrogens is 345 g/mol. The summed E-state index contributed by atoms with van der Waals surface area (Å²) in [5.41, 5.74) is 4.15. The van der Waals surface area contributed by atoms with Gasteiger partial charge in [-0.3, -0.25) is 4.79 Å². The van der Waals surface area contributed by atoms with Crippen LogP contribution in [0.3, 0.4) is 0 Å². The van der Waals surface area contributed by atoms with Gasteiger partial charge in [-0.2, -0.15) is 5.26 Å². The molecule has 0 atom stereocenters. The Balaban J connectivity index is -0.000000228. The smallest absolute Gasteiger partial charge is 0.870 e. The van der Waals surface area contributed by atoms with E-state index in [1.807, 2.05) is 0 Å². The minimum atomic E-state index is -0.653. The normalized spacial score (nSPS) is 8.62. The molecule has 6 nitrogen and oxygen atoms in total. The van der Waals surface area contributed by atoms with Gasteiger partial charge in [-0.25, -0.2) is 0 Å². The molecule has 0 rings (SSSR count). The summed E-state index contributed by atoms with van der Waals surface area (Å²) in [5.74, 6) is -0.653. The molecule has 5 N–H and O–H groups in total. The van der Waals surface area contributed by atoms with Gasteiger partial charge in [-0.1, -0.05) is 96.8 Å². The summed E-state index contributed by atoms with van der Waals surface area (Å²) in [6.45, 7) is 2.27. The number of hydrogen-bond donors (Lipinski definition) is 2. The Morgan fingerprint density at radius 2 is 1.00 bits per heavy atom. The molecule has 0 unspecified atom stereocenters. The van der Waals surface area contributed by atoms with Crippen LogP contribution in [-0.2, 0) is 4.79 Å². The van der Waals surface area contributed by atoms with Crippen LogP contribution in [0.1, 0.15) is 110 Å². The zero-order valence-electron chi connectivity index (χ0n) is 16.8. The first-order valence-corrected chi connectivity index (χ1v) is 9.50. The van der Waals surface area contributed by atoms with Crippen LogP contribution >= 0.6 is 0 Å². The third-order valence-electron chi connectivity index (χ3n) is 3.99. The maximum absolute atomic E-state index is 10.3. The van der Waals surface area contributed by atoms with Gasteiger partial charge in [0.15, 0.2) is 6.19 Å². The fourth-order valence-electron chi connectivity index (χ4n) is 2.65. The second kappa shape index (κ2) is 35.5. The fraction of sp³-hybridized carbons (Fsp3) is 0.895. The van der Waals surface area contributed by atoms with Gasteiger partial charge in [0, 0.05) is 6.42 Å². The van der Waals surface area contributed by atoms with Crippen LogP contribution in [0.15, 0.2) is 0 Å². The van der Waals surface area contributed by atoms with Gasteiger partial charge >= 0.3 is 29.0 Å². The van der Waals surface area contributed by atoms with Gasteiger partial charge < -0.3 is 21.8 Å². The van der Waals surface area contributed by atoms with Crippen molar-refractivity contribution in [2.24, 2.45) is 5.73 Å². The molecule has 0 aliphatic heterocycles. The summed E-state index contributed by atoms with van der Waals surface area (Å²) < 4.78 is 0. The Morgan fingerprint density at radius 3 is 1.23 bits per heavy atom. The minimum absolute atomic E-state index is 0. The number of carbonyl (C=O) groups is 1. The predicted octanol–water partition coefficient (Wildman–Crippen LogP) is 5.02. The van der Waals surface area contributed by atoms with Crippen LogP contribution in [-0.4, -0.2) is 45.1 Å². The third-order valence-corrected chi connectivity index (χ3v) is 3.99. The van der Waals surface area contributed by atoms with Crippen molar-refractivity contribution in [3.63, 3.8) is 0 Å². The number of unbranched alkanes of at least 4 members (excludes halogenated alkanes) is 14. The summed E-state index contributed by atoms with van der Waals surface area (Å²) >= 11 is 0. The Labute approximate surface area is 176 Å². The second-order valence-corrected chi connectivity index (χ2v) is 6.22. The summed E-state index contributed by atoms with van der Waals surface area (Å²) in [6, 6.07) is 0. The maximum atomic E-state index is 10.3. The van der Waals surface area contributed by atoms with E-state index in [9.17, 15) is 4.79 Å². The molecule has 0 heterocycles. The molecule has 7 heteroatoms. The first kappa shape index (κ1) is 36.4. The molecule has 0 radical (unpaired) electrons. The van der Waals surface area contributed by atoms with Gasteiger partial charge in [0.2, 0.25) is 0 Å². The first-order chi connectivity index (χ1) is 11.2. The molecule has 0 aromatic carbocycles. The van der Waals surface area contributed by atoms with Crippen LogP contribution in [0.2, 0.25) is 0 Å². The zero-order chi connectivity index (χ0) is 17.6. The van der Waals surface area contributed by atoms with E-state index in [1.54, 1.807) is 0 Å². The van der Waals surface area contributed by atoms with Crippen molar-refractivity contribution in [2.75, 3.05) is 0 Å². The monoisotopic (exact) mass is 384 g/mol. The SMILES string of the molecule is CCCCCCCCCCCCCCCCCC(=O)O.N#CN.[Mg+2].[OH-].[OH-]. The molecule has 0 aliphatic rings. The Hall–Kier alpha value is -0.554. The number of carboxylic acid groups (broad SMARTS) is 1. The van der Waals surface area contributed by atoms with E-state index in [2.05, 4.69) is 12.7 Å². The Kier molecular flexibility index (Phi) is 49.7. The topological polar surface area (TPSA) is 147 Å². The maximum Gasteiger partial charge on any atom is 2.00 e. The molecule has 0 saturated heterocycles. The second-order valence-electron chi connectivity index (χ2n) is 6.22. The van der Waals surface area contributed by atoms with Crippen molar-refractivity contribution in [1.29, 1.82) is 5.26 Å². The molecular formula is C19H40MgN2O4. The van der Waals surface area contributed by atoms with E-state index in [4.69, 9.17) is 10.4 Å². The van der Waals surface area contributed by atoms with Gasteiger partial charge in [0.05, 0.1) is 0 Å². The standard InChI is InChI=1S/C18H36O2.CH2N2.Mg.2H2O/c1-2-3-4-5-6-7-8-9-10-11-12-13-14-15-16-17-18(19)20;2-1-3;;;/h2-17H2,1H3,(H,19,20);2H2;;2*1H2/q;;+2;;/p-2. The van der Waals surface area contributed by atoms with Crippen molar-refractivity contribution < 1.29 is 20.9 Å². The molecule has 0 aliphatic carbocycles. The number of hydrogen-bond acceptors (Lipinski definition) is 5. The van der Waals surface area contributed by atoms with Crippen LogP contribution in [0, 0.1) is 11.5 Å². The number of carboxylic acids is 1. The predicted molar refractivity (Wildman–Crippen MR) is 107 cm³/mol. The fourth-order valence-corrected chi connectivity index (χ4v) is 2.65. The van der Waals surface area contributed by atoms with Crippen LogP contribution < -0.4 is 5.73 Å². The van der Waals surface area contributed by atoms with Crippen molar-refractivity contribution in [1.82, 2.24) is 0 Å². The van der Waals surface area contributed by atoms with Crippen molar-refractivity contribution >= 4 is 29.0 Å². The molecule has 0 aromatic rings. The summed E-state index contributed by atoms with van der Waals surface area (Å²) in [7, 11) is 0. The molecule has 0 aromatic heterocycles. The molecule has 0 amide bonds. The van der Waals surface area contributed by atoms with E-state index >= 15 is 0 Å². The first-order valence-electron chi connectivity index (χ1n) is 9.50. The molecule has 0 saturated carbocycles. The van der Waals surface area contributed by atoms with E-state index < -0.39 is 5.97 Å². The van der Waals surface area contributed by atoms with Crippen LogP contribution in [0.25, 0.3) is 0 Å². The number of aliphatic carboxylic acids is 1. The quantitative estimate of drug-likeness (QED) is 0.165. The molecule has 0 spiro atoms. The molecule has 0 fully saturated rings. The van der Waals surface area contributed by atoms with Crippen LogP contribution in [0.5, 0.6) is 0 Å². The minimum Gasteiger partial charge on any atom is -0.870 e. The number of nitriles is 1. The van der Waals surface area contributed by atoms with E-state index in [1.165, 1.54) is 89.7 Å². The van der Waals surface area contributed by atoms with E-state index in [0.717, 1.165) is 12.8 Å². The summed E-state index contributed by atoms with van der Waals surface area (Å²) in [4.78, 5) is 10.3. The van der Waals surface area contributed by atoms with Gasteiger partial charge in [0.25, 0.3) is 0 Å². The zero-order valence-corrected chi connectivity index (χ0v) is 18.2. The van der Waals surface area contributed by atoms with E-state index in [0.29, 0.717) is 6.42 Å². The third kappa shape index (κ3) is 43.7. The summed E-state index contributed by atoms with van der Waals surface area (Å²) in [5, 5.41) is 15.6. The molecule has 152 valence electrons. The Morgan fingerprint density at radius 1 is 0.769 bits per heavy atom. The number of nitrogens with two attached hydrogens (primary N) is 1. The number of rotatable bonds is 16. The van der Waals surface area contributed by atoms with Gasteiger partial charge in [-0.15, -0.1) is 0 Å². The largest absolute Gasteiger partial charge is 2.00 e. The van der Waals surface area contributed by atoms with Crippen LogP contribution in [0.4, 0.5) is 0 Å². The molecule has 0 bridgehead atoms. The average molecular weight is 385 g/mol. The summed E-state index contributed by atoms with van der Waals surface area (Å²) in [6.07, 6.45) is 21.4. The van der Waals surface area contributed by atoms with Crippen molar-refractivity contribution in [2.45, 2.75) is 110 Å². The van der Waals surface area contributed by atoms with E-state index in [-0.39, 0.29) is 34.0 Å². The van der Waals surface area contributed by atoms with Gasteiger partial charge in [0.1, 0.15) is 0 Å².